The first-order valence-corrected chi connectivity index (χ1v) is 8.46. The van der Waals surface area contributed by atoms with Crippen LogP contribution in [-0.4, -0.2) is 48.8 Å². The summed E-state index contributed by atoms with van der Waals surface area (Å²) in [6.07, 6.45) is 2.34. The zero-order valence-electron chi connectivity index (χ0n) is 12.4. The molecule has 0 aromatic heterocycles. The Hall–Kier alpha value is -1.47. The summed E-state index contributed by atoms with van der Waals surface area (Å²) in [6, 6.07) is 5.78. The zero-order chi connectivity index (χ0) is 15.7. The second-order valence-electron chi connectivity index (χ2n) is 5.26. The summed E-state index contributed by atoms with van der Waals surface area (Å²) in [4.78, 5) is 19.1. The Kier molecular flexibility index (Phi) is 4.44. The summed E-state index contributed by atoms with van der Waals surface area (Å²) < 4.78 is 8.50. The fourth-order valence-corrected chi connectivity index (χ4v) is 3.72. The molecule has 0 spiro atoms. The predicted molar refractivity (Wildman–Crippen MR) is 93.0 cm³/mol. The number of benzene rings is 1. The molecular weight excluding hydrogens is 366 g/mol. The Morgan fingerprint density at radius 3 is 3.09 bits per heavy atom. The molecule has 7 heteroatoms. The number of carbonyl (C=O) groups excluding carboxylic acids is 1. The van der Waals surface area contributed by atoms with E-state index in [4.69, 9.17) is 4.74 Å². The number of hydrogen-bond acceptors (Lipinski definition) is 3. The third kappa shape index (κ3) is 3.15. The highest BCUT2D eigenvalue weighted by Crippen LogP contribution is 2.45. The first-order valence-electron chi connectivity index (χ1n) is 6.89. The number of ether oxygens (including phenoxy) is 1. The minimum absolute atomic E-state index is 0.230. The van der Waals surface area contributed by atoms with Gasteiger partial charge in [0.2, 0.25) is 0 Å². The normalized spacial score (nSPS) is 17.1. The third-order valence-electron chi connectivity index (χ3n) is 3.33. The Bertz CT molecular complexity index is 673. The largest absolute Gasteiger partial charge is 0.493 e. The van der Waals surface area contributed by atoms with Crippen LogP contribution < -0.4 is 4.74 Å². The molecule has 3 rings (SSSR count). The van der Waals surface area contributed by atoms with Crippen LogP contribution in [0.25, 0.3) is 5.57 Å². The van der Waals surface area contributed by atoms with Crippen molar-refractivity contribution in [1.29, 1.82) is 0 Å². The number of aliphatic imine (C=N–C) groups is 1. The highest BCUT2D eigenvalue weighted by Gasteiger charge is 2.30. The van der Waals surface area contributed by atoms with E-state index in [-0.39, 0.29) is 6.03 Å². The van der Waals surface area contributed by atoms with E-state index < -0.39 is 0 Å². The van der Waals surface area contributed by atoms with Crippen molar-refractivity contribution in [2.45, 2.75) is 6.42 Å². The number of urea groups is 1. The zero-order valence-corrected chi connectivity index (χ0v) is 14.8. The first kappa shape index (κ1) is 15.4. The molecule has 2 heterocycles. The van der Waals surface area contributed by atoms with E-state index in [2.05, 4.69) is 20.9 Å². The van der Waals surface area contributed by atoms with Crippen LogP contribution in [0.3, 0.4) is 0 Å². The van der Waals surface area contributed by atoms with E-state index in [9.17, 15) is 4.79 Å². The molecule has 1 aromatic carbocycles. The molecule has 2 aliphatic heterocycles. The Morgan fingerprint density at radius 1 is 1.50 bits per heavy atom. The lowest BCUT2D eigenvalue weighted by atomic mass is 10.0. The Labute approximate surface area is 142 Å². The van der Waals surface area contributed by atoms with Crippen molar-refractivity contribution in [1.82, 2.24) is 9.21 Å². The smallest absolute Gasteiger partial charge is 0.355 e. The molecule has 116 valence electrons. The molecule has 2 aliphatic rings. The van der Waals surface area contributed by atoms with Crippen molar-refractivity contribution in [3.05, 3.63) is 33.1 Å². The van der Waals surface area contributed by atoms with Crippen LogP contribution in [0.15, 0.2) is 32.6 Å². The van der Waals surface area contributed by atoms with E-state index >= 15 is 0 Å². The maximum absolute atomic E-state index is 12.2. The van der Waals surface area contributed by atoms with Gasteiger partial charge < -0.3 is 9.64 Å². The maximum Gasteiger partial charge on any atom is 0.355 e. The summed E-state index contributed by atoms with van der Waals surface area (Å²) in [5.41, 5.74) is 2.23. The van der Waals surface area contributed by atoms with Crippen LogP contribution in [-0.2, 0) is 0 Å². The molecule has 22 heavy (non-hydrogen) atoms. The number of amides is 2. The first-order chi connectivity index (χ1) is 10.5. The minimum Gasteiger partial charge on any atom is -0.493 e. The second kappa shape index (κ2) is 6.34. The van der Waals surface area contributed by atoms with Crippen molar-refractivity contribution in [2.75, 3.05) is 27.2 Å². The van der Waals surface area contributed by atoms with Crippen LogP contribution in [0, 0.1) is 0 Å². The summed E-state index contributed by atoms with van der Waals surface area (Å²) in [7, 11) is 3.68. The van der Waals surface area contributed by atoms with Gasteiger partial charge in [0.05, 0.1) is 19.5 Å². The van der Waals surface area contributed by atoms with Gasteiger partial charge in [0.15, 0.2) is 0 Å². The van der Waals surface area contributed by atoms with Gasteiger partial charge in [-0.2, -0.15) is 4.99 Å². The summed E-state index contributed by atoms with van der Waals surface area (Å²) >= 11 is 4.94. The Morgan fingerprint density at radius 2 is 2.32 bits per heavy atom. The molecule has 0 fully saturated rings. The minimum atomic E-state index is -0.230. The molecular formula is C15H16BrN3O2S. The number of carbonyl (C=O) groups is 1. The van der Waals surface area contributed by atoms with Gasteiger partial charge >= 0.3 is 6.03 Å². The lowest BCUT2D eigenvalue weighted by Gasteiger charge is -2.15. The van der Waals surface area contributed by atoms with Gasteiger partial charge in [-0.1, -0.05) is 15.9 Å². The lowest BCUT2D eigenvalue weighted by molar-refractivity contribution is 0.238. The van der Waals surface area contributed by atoms with E-state index in [0.717, 1.165) is 22.2 Å². The number of nitrogens with zero attached hydrogens (tertiary/aromatic N) is 3. The highest BCUT2D eigenvalue weighted by molar-refractivity contribution is 9.10. The maximum atomic E-state index is 12.2. The molecule has 0 aliphatic carbocycles. The average Bonchev–Trinajstić information content (AvgIpc) is 2.82. The molecule has 0 radical (unpaired) electrons. The third-order valence-corrected chi connectivity index (χ3v) is 5.00. The van der Waals surface area contributed by atoms with Gasteiger partial charge in [-0.05, 0) is 35.7 Å². The van der Waals surface area contributed by atoms with Crippen LogP contribution >= 0.6 is 27.9 Å². The summed E-state index contributed by atoms with van der Waals surface area (Å²) in [5, 5.41) is 0. The van der Waals surface area contributed by atoms with Crippen molar-refractivity contribution in [2.24, 2.45) is 4.99 Å². The quantitative estimate of drug-likeness (QED) is 0.423. The van der Waals surface area contributed by atoms with Crippen LogP contribution in [0.5, 0.6) is 5.75 Å². The second-order valence-corrected chi connectivity index (χ2v) is 7.29. The highest BCUT2D eigenvalue weighted by atomic mass is 79.9. The predicted octanol–water partition coefficient (Wildman–Crippen LogP) is 3.62. The molecule has 0 bridgehead atoms. The van der Waals surface area contributed by atoms with Gasteiger partial charge in [-0.3, -0.25) is 4.31 Å². The van der Waals surface area contributed by atoms with Crippen LogP contribution in [0.1, 0.15) is 12.0 Å². The van der Waals surface area contributed by atoms with E-state index in [1.165, 1.54) is 28.8 Å². The average molecular weight is 382 g/mol. The molecule has 0 unspecified atom stereocenters. The number of halogens is 1. The van der Waals surface area contributed by atoms with Gasteiger partial charge in [-0.25, -0.2) is 4.79 Å². The van der Waals surface area contributed by atoms with Crippen molar-refractivity contribution in [3.63, 3.8) is 0 Å². The number of hydrogen-bond donors (Lipinski definition) is 0. The lowest BCUT2D eigenvalue weighted by Crippen LogP contribution is -2.21. The molecule has 0 atom stereocenters. The molecule has 0 saturated carbocycles. The van der Waals surface area contributed by atoms with Crippen LogP contribution in [0.4, 0.5) is 4.79 Å². The van der Waals surface area contributed by atoms with Gasteiger partial charge in [0.1, 0.15) is 5.75 Å². The monoisotopic (exact) mass is 381 g/mol. The molecule has 2 amide bonds. The van der Waals surface area contributed by atoms with Gasteiger partial charge in [-0.15, -0.1) is 0 Å². The van der Waals surface area contributed by atoms with Gasteiger partial charge in [0, 0.05) is 35.5 Å². The standard InChI is InChI=1S/C15H16BrN3O2S/c1-18(2)9-17-15(20)19-8-12-11-4-3-10(16)7-13(11)21-6-5-14(12)22-19/h3-4,7,9H,5-6,8H2,1-2H3/b17-9-. The van der Waals surface area contributed by atoms with Crippen molar-refractivity contribution >= 4 is 45.8 Å². The summed E-state index contributed by atoms with van der Waals surface area (Å²) in [6.45, 7) is 1.18. The number of fused-ring (bicyclic) bond motifs is 2. The molecule has 1 aromatic rings. The van der Waals surface area contributed by atoms with Crippen molar-refractivity contribution < 1.29 is 9.53 Å². The van der Waals surface area contributed by atoms with Crippen LogP contribution in [0.2, 0.25) is 0 Å². The molecule has 0 saturated heterocycles. The number of rotatable bonds is 1. The molecule has 5 nitrogen and oxygen atoms in total. The fraction of sp³-hybridized carbons (Fsp3) is 0.333. The topological polar surface area (TPSA) is 45.1 Å². The SMILES string of the molecule is CN(C)/C=N\C(=O)N1CC2=C(CCOc3cc(Br)ccc32)S1. The van der Waals surface area contributed by atoms with Crippen molar-refractivity contribution in [3.8, 4) is 5.75 Å². The van der Waals surface area contributed by atoms with Gasteiger partial charge in [0.25, 0.3) is 0 Å². The van der Waals surface area contributed by atoms with E-state index in [1.807, 2.05) is 32.3 Å². The molecule has 0 N–H and O–H groups in total. The fourth-order valence-electron chi connectivity index (χ4n) is 2.34. The van der Waals surface area contributed by atoms with E-state index in [0.29, 0.717) is 13.2 Å². The van der Waals surface area contributed by atoms with E-state index in [1.54, 1.807) is 9.21 Å². The summed E-state index contributed by atoms with van der Waals surface area (Å²) in [5.74, 6) is 0.867. The Balaban J connectivity index is 1.84.